The van der Waals surface area contributed by atoms with Crippen molar-refractivity contribution in [3.05, 3.63) is 78.1 Å². The Balaban J connectivity index is 1.70. The van der Waals surface area contributed by atoms with Crippen molar-refractivity contribution in [1.29, 1.82) is 0 Å². The van der Waals surface area contributed by atoms with Crippen LogP contribution in [0.4, 0.5) is 21.7 Å². The zero-order valence-electron chi connectivity index (χ0n) is 13.0. The van der Waals surface area contributed by atoms with Gasteiger partial charge in [-0.2, -0.15) is 0 Å². The van der Waals surface area contributed by atoms with Gasteiger partial charge >= 0.3 is 0 Å². The molecule has 120 valence electrons. The minimum atomic E-state index is -0.389. The third-order valence-electron chi connectivity index (χ3n) is 3.49. The van der Waals surface area contributed by atoms with Crippen LogP contribution < -0.4 is 10.2 Å². The summed E-state index contributed by atoms with van der Waals surface area (Å²) in [4.78, 5) is 13.9. The highest BCUT2D eigenvalue weighted by molar-refractivity contribution is 6.03. The molecule has 6 heteroatoms. The zero-order chi connectivity index (χ0) is 16.9. The molecule has 0 saturated heterocycles. The number of para-hydroxylation sites is 1. The second-order valence-corrected chi connectivity index (χ2v) is 5.13. The van der Waals surface area contributed by atoms with Crippen LogP contribution in [0.5, 0.6) is 0 Å². The predicted octanol–water partition coefficient (Wildman–Crippen LogP) is 3.64. The molecule has 1 amide bonds. The predicted molar refractivity (Wildman–Crippen MR) is 90.9 cm³/mol. The number of amides is 1. The smallest absolute Gasteiger partial charge is 0.256 e. The lowest BCUT2D eigenvalue weighted by atomic mass is 10.2. The van der Waals surface area contributed by atoms with Gasteiger partial charge < -0.3 is 10.2 Å². The first-order valence-corrected chi connectivity index (χ1v) is 7.33. The zero-order valence-corrected chi connectivity index (χ0v) is 13.0. The first-order valence-electron chi connectivity index (χ1n) is 7.33. The highest BCUT2D eigenvalue weighted by Gasteiger charge is 2.09. The van der Waals surface area contributed by atoms with E-state index in [1.807, 2.05) is 42.3 Å². The lowest BCUT2D eigenvalue weighted by Gasteiger charge is -2.17. The Morgan fingerprint density at radius 2 is 1.67 bits per heavy atom. The molecule has 0 aliphatic heterocycles. The van der Waals surface area contributed by atoms with Crippen LogP contribution in [0, 0.1) is 5.82 Å². The van der Waals surface area contributed by atoms with E-state index in [0.29, 0.717) is 17.2 Å². The molecule has 1 aromatic heterocycles. The van der Waals surface area contributed by atoms with Gasteiger partial charge in [0.25, 0.3) is 5.91 Å². The van der Waals surface area contributed by atoms with E-state index in [4.69, 9.17) is 0 Å². The number of hydrogen-bond donors (Lipinski definition) is 1. The molecule has 1 N–H and O–H groups in total. The third-order valence-corrected chi connectivity index (χ3v) is 3.49. The molecule has 5 nitrogen and oxygen atoms in total. The molecular formula is C18H15FN4O. The van der Waals surface area contributed by atoms with Crippen molar-refractivity contribution in [3.8, 4) is 0 Å². The van der Waals surface area contributed by atoms with E-state index in [1.54, 1.807) is 12.1 Å². The molecule has 0 atom stereocenters. The number of carbonyl (C=O) groups excluding carboxylic acids is 1. The summed E-state index contributed by atoms with van der Waals surface area (Å²) < 4.78 is 12.9. The first-order chi connectivity index (χ1) is 11.6. The largest absolute Gasteiger partial charge is 0.328 e. The SMILES string of the molecule is CN(c1ccccc1)c1ccc(NC(=O)c2ccc(F)cc2)nn1. The van der Waals surface area contributed by atoms with E-state index in [2.05, 4.69) is 15.5 Å². The number of halogens is 1. The molecule has 0 aliphatic rings. The maximum atomic E-state index is 12.9. The molecule has 0 saturated carbocycles. The number of hydrogen-bond acceptors (Lipinski definition) is 4. The Labute approximate surface area is 138 Å². The minimum absolute atomic E-state index is 0.328. The second kappa shape index (κ2) is 6.87. The highest BCUT2D eigenvalue weighted by atomic mass is 19.1. The van der Waals surface area contributed by atoms with Crippen molar-refractivity contribution in [2.24, 2.45) is 0 Å². The maximum absolute atomic E-state index is 12.9. The van der Waals surface area contributed by atoms with Gasteiger partial charge in [0.1, 0.15) is 5.82 Å². The van der Waals surface area contributed by atoms with Crippen LogP contribution in [0.15, 0.2) is 66.7 Å². The van der Waals surface area contributed by atoms with Crippen LogP contribution in [0.1, 0.15) is 10.4 Å². The van der Waals surface area contributed by atoms with E-state index >= 15 is 0 Å². The highest BCUT2D eigenvalue weighted by Crippen LogP contribution is 2.21. The average Bonchev–Trinajstić information content (AvgIpc) is 2.63. The van der Waals surface area contributed by atoms with Crippen LogP contribution >= 0.6 is 0 Å². The van der Waals surface area contributed by atoms with Gasteiger partial charge in [-0.15, -0.1) is 10.2 Å². The first kappa shape index (κ1) is 15.6. The molecule has 3 aromatic rings. The van der Waals surface area contributed by atoms with Crippen LogP contribution in [0.3, 0.4) is 0 Å². The monoisotopic (exact) mass is 322 g/mol. The summed E-state index contributed by atoms with van der Waals surface area (Å²) in [5.74, 6) is 0.226. The standard InChI is InChI=1S/C18H15FN4O/c1-23(15-5-3-2-4-6-15)17-12-11-16(21-22-17)20-18(24)13-7-9-14(19)10-8-13/h2-12H,1H3,(H,20,21,24). The minimum Gasteiger partial charge on any atom is -0.328 e. The van der Waals surface area contributed by atoms with Gasteiger partial charge in [-0.1, -0.05) is 18.2 Å². The van der Waals surface area contributed by atoms with E-state index in [0.717, 1.165) is 5.69 Å². The number of rotatable bonds is 4. The Hall–Kier alpha value is -3.28. The fourth-order valence-electron chi connectivity index (χ4n) is 2.14. The fourth-order valence-corrected chi connectivity index (χ4v) is 2.14. The van der Waals surface area contributed by atoms with Crippen molar-refractivity contribution in [3.63, 3.8) is 0 Å². The molecule has 2 aromatic carbocycles. The molecule has 24 heavy (non-hydrogen) atoms. The molecular weight excluding hydrogens is 307 g/mol. The summed E-state index contributed by atoms with van der Waals surface area (Å²) in [6.45, 7) is 0. The summed E-state index contributed by atoms with van der Waals surface area (Å²) in [5.41, 5.74) is 1.33. The molecule has 0 spiro atoms. The molecule has 3 rings (SSSR count). The van der Waals surface area contributed by atoms with Gasteiger partial charge in [-0.25, -0.2) is 4.39 Å². The van der Waals surface area contributed by atoms with Crippen LogP contribution in [0.2, 0.25) is 0 Å². The molecule has 0 unspecified atom stereocenters. The van der Waals surface area contributed by atoms with Gasteiger partial charge in [-0.05, 0) is 48.5 Å². The number of aromatic nitrogens is 2. The Morgan fingerprint density at radius 1 is 0.958 bits per heavy atom. The quantitative estimate of drug-likeness (QED) is 0.797. The number of nitrogens with zero attached hydrogens (tertiary/aromatic N) is 3. The molecule has 0 bridgehead atoms. The van der Waals surface area contributed by atoms with Crippen molar-refractivity contribution >= 4 is 23.2 Å². The average molecular weight is 322 g/mol. The number of carbonyl (C=O) groups is 1. The van der Waals surface area contributed by atoms with E-state index < -0.39 is 0 Å². The van der Waals surface area contributed by atoms with Gasteiger partial charge in [-0.3, -0.25) is 4.79 Å². The topological polar surface area (TPSA) is 58.1 Å². The van der Waals surface area contributed by atoms with Gasteiger partial charge in [0.15, 0.2) is 11.6 Å². The molecule has 0 fully saturated rings. The Bertz CT molecular complexity index is 820. The summed E-state index contributed by atoms with van der Waals surface area (Å²) in [5, 5.41) is 10.8. The second-order valence-electron chi connectivity index (χ2n) is 5.13. The summed E-state index contributed by atoms with van der Waals surface area (Å²) in [6, 6.07) is 18.5. The fraction of sp³-hybridized carbons (Fsp3) is 0.0556. The van der Waals surface area contributed by atoms with Crippen molar-refractivity contribution in [2.75, 3.05) is 17.3 Å². The van der Waals surface area contributed by atoms with E-state index in [-0.39, 0.29) is 11.7 Å². The molecule has 0 aliphatic carbocycles. The summed E-state index contributed by atoms with van der Waals surface area (Å²) in [7, 11) is 1.89. The van der Waals surface area contributed by atoms with Crippen molar-refractivity contribution < 1.29 is 9.18 Å². The number of anilines is 3. The normalized spacial score (nSPS) is 10.2. The van der Waals surface area contributed by atoms with Crippen molar-refractivity contribution in [1.82, 2.24) is 10.2 Å². The van der Waals surface area contributed by atoms with Gasteiger partial charge in [0.2, 0.25) is 0 Å². The Kier molecular flexibility index (Phi) is 4.47. The molecule has 1 heterocycles. The van der Waals surface area contributed by atoms with E-state index in [1.165, 1.54) is 24.3 Å². The summed E-state index contributed by atoms with van der Waals surface area (Å²) >= 11 is 0. The Morgan fingerprint density at radius 3 is 2.29 bits per heavy atom. The summed E-state index contributed by atoms with van der Waals surface area (Å²) in [6.07, 6.45) is 0. The van der Waals surface area contributed by atoms with Crippen LogP contribution in [-0.2, 0) is 0 Å². The van der Waals surface area contributed by atoms with Gasteiger partial charge in [0, 0.05) is 18.3 Å². The van der Waals surface area contributed by atoms with Crippen molar-refractivity contribution in [2.45, 2.75) is 0 Å². The van der Waals surface area contributed by atoms with E-state index in [9.17, 15) is 9.18 Å². The molecule has 0 radical (unpaired) electrons. The maximum Gasteiger partial charge on any atom is 0.256 e. The third kappa shape index (κ3) is 3.55. The van der Waals surface area contributed by atoms with Crippen LogP contribution in [-0.4, -0.2) is 23.2 Å². The lowest BCUT2D eigenvalue weighted by molar-refractivity contribution is 0.102. The number of benzene rings is 2. The van der Waals surface area contributed by atoms with Crippen LogP contribution in [0.25, 0.3) is 0 Å². The number of nitrogens with one attached hydrogen (secondary N) is 1. The lowest BCUT2D eigenvalue weighted by Crippen LogP contribution is -2.15. The van der Waals surface area contributed by atoms with Gasteiger partial charge in [0.05, 0.1) is 0 Å².